The molecule has 0 aliphatic carbocycles. The molecule has 2 heterocycles. The quantitative estimate of drug-likeness (QED) is 0.823. The average Bonchev–Trinajstić information content (AvgIpc) is 2.38. The van der Waals surface area contributed by atoms with Crippen LogP contribution in [0.1, 0.15) is 24.4 Å². The highest BCUT2D eigenvalue weighted by Gasteiger charge is 2.15. The largest absolute Gasteiger partial charge is 0.304 e. The molecule has 2 rings (SSSR count). The van der Waals surface area contributed by atoms with Gasteiger partial charge in [0, 0.05) is 18.6 Å². The van der Waals surface area contributed by atoms with E-state index < -0.39 is 0 Å². The summed E-state index contributed by atoms with van der Waals surface area (Å²) in [6.07, 6.45) is 8.35. The molecule has 0 aliphatic heterocycles. The number of rotatable bonds is 4. The van der Waals surface area contributed by atoms with Gasteiger partial charge in [-0.3, -0.25) is 9.97 Å². The minimum absolute atomic E-state index is 0.0262. The molecule has 2 aromatic rings. The van der Waals surface area contributed by atoms with Crippen LogP contribution in [0.25, 0.3) is 0 Å². The fourth-order valence-electron chi connectivity index (χ4n) is 1.50. The van der Waals surface area contributed by atoms with E-state index in [9.17, 15) is 0 Å². The summed E-state index contributed by atoms with van der Waals surface area (Å²) in [6, 6.07) is 1.85. The Balaban J connectivity index is 2.31. The second kappa shape index (κ2) is 5.27. The molecule has 2 aromatic heterocycles. The van der Waals surface area contributed by atoms with Gasteiger partial charge < -0.3 is 5.32 Å². The summed E-state index contributed by atoms with van der Waals surface area (Å²) in [5, 5.41) is 3.32. The summed E-state index contributed by atoms with van der Waals surface area (Å²) < 4.78 is 0. The summed E-state index contributed by atoms with van der Waals surface area (Å²) in [4.78, 5) is 16.5. The molecule has 0 amide bonds. The third-order valence-corrected chi connectivity index (χ3v) is 2.19. The third kappa shape index (κ3) is 2.38. The highest BCUT2D eigenvalue weighted by Crippen LogP contribution is 2.15. The Hall–Kier alpha value is -1.88. The molecule has 0 aliphatic rings. The van der Waals surface area contributed by atoms with E-state index in [0.717, 1.165) is 17.9 Å². The molecule has 5 heteroatoms. The summed E-state index contributed by atoms with van der Waals surface area (Å²) in [5.41, 5.74) is 1.76. The van der Waals surface area contributed by atoms with Gasteiger partial charge in [-0.05, 0) is 12.6 Å². The maximum absolute atomic E-state index is 4.29. The van der Waals surface area contributed by atoms with E-state index in [4.69, 9.17) is 0 Å². The van der Waals surface area contributed by atoms with Crippen LogP contribution in [0.15, 0.2) is 37.2 Å². The lowest BCUT2D eigenvalue weighted by Crippen LogP contribution is -2.24. The maximum Gasteiger partial charge on any atom is 0.115 e. The van der Waals surface area contributed by atoms with Crippen molar-refractivity contribution in [3.63, 3.8) is 0 Å². The Morgan fingerprint density at radius 1 is 1.12 bits per heavy atom. The van der Waals surface area contributed by atoms with Gasteiger partial charge in [-0.15, -0.1) is 0 Å². The normalized spacial score (nSPS) is 12.3. The number of hydrogen-bond acceptors (Lipinski definition) is 5. The highest BCUT2D eigenvalue weighted by atomic mass is 15.0. The Labute approximate surface area is 94.0 Å². The predicted molar refractivity (Wildman–Crippen MR) is 59.6 cm³/mol. The van der Waals surface area contributed by atoms with Crippen molar-refractivity contribution in [1.82, 2.24) is 25.3 Å². The summed E-state index contributed by atoms with van der Waals surface area (Å²) in [6.45, 7) is 2.88. The van der Waals surface area contributed by atoms with Crippen LogP contribution in [0.2, 0.25) is 0 Å². The fourth-order valence-corrected chi connectivity index (χ4v) is 1.50. The van der Waals surface area contributed by atoms with Crippen LogP contribution in [0.5, 0.6) is 0 Å². The predicted octanol–water partition coefficient (Wildman–Crippen LogP) is 0.965. The van der Waals surface area contributed by atoms with Crippen LogP contribution in [0, 0.1) is 0 Å². The SMILES string of the molecule is CCNC(c1ccncn1)c1cnccn1. The van der Waals surface area contributed by atoms with Crippen molar-refractivity contribution in [2.24, 2.45) is 0 Å². The second-order valence-electron chi connectivity index (χ2n) is 3.26. The third-order valence-electron chi connectivity index (χ3n) is 2.19. The number of nitrogens with zero attached hydrogens (tertiary/aromatic N) is 4. The van der Waals surface area contributed by atoms with Crippen LogP contribution in [0.4, 0.5) is 0 Å². The molecule has 0 saturated carbocycles. The van der Waals surface area contributed by atoms with Crippen molar-refractivity contribution in [3.8, 4) is 0 Å². The van der Waals surface area contributed by atoms with Gasteiger partial charge in [0.05, 0.1) is 23.6 Å². The van der Waals surface area contributed by atoms with Gasteiger partial charge in [0.2, 0.25) is 0 Å². The average molecular weight is 215 g/mol. The van der Waals surface area contributed by atoms with Crippen molar-refractivity contribution in [1.29, 1.82) is 0 Å². The molecule has 1 N–H and O–H groups in total. The van der Waals surface area contributed by atoms with Crippen LogP contribution >= 0.6 is 0 Å². The van der Waals surface area contributed by atoms with Crippen LogP contribution in [-0.2, 0) is 0 Å². The second-order valence-corrected chi connectivity index (χ2v) is 3.26. The molecule has 0 fully saturated rings. The van der Waals surface area contributed by atoms with E-state index in [1.54, 1.807) is 24.8 Å². The molecule has 0 bridgehead atoms. The monoisotopic (exact) mass is 215 g/mol. The Morgan fingerprint density at radius 3 is 2.69 bits per heavy atom. The van der Waals surface area contributed by atoms with Crippen molar-refractivity contribution in [3.05, 3.63) is 48.6 Å². The van der Waals surface area contributed by atoms with Gasteiger partial charge in [0.1, 0.15) is 6.33 Å². The lowest BCUT2D eigenvalue weighted by molar-refractivity contribution is 0.597. The standard InChI is InChI=1S/C11H13N5/c1-2-14-11(9-3-4-13-8-16-9)10-7-12-5-6-15-10/h3-8,11,14H,2H2,1H3. The smallest absolute Gasteiger partial charge is 0.115 e. The fraction of sp³-hybridized carbons (Fsp3) is 0.273. The Bertz CT molecular complexity index is 377. The molecule has 1 atom stereocenters. The van der Waals surface area contributed by atoms with Crippen molar-refractivity contribution in [2.75, 3.05) is 6.54 Å². The zero-order valence-electron chi connectivity index (χ0n) is 9.04. The Morgan fingerprint density at radius 2 is 2.06 bits per heavy atom. The topological polar surface area (TPSA) is 63.6 Å². The summed E-state index contributed by atoms with van der Waals surface area (Å²) in [5.74, 6) is 0. The molecule has 0 radical (unpaired) electrons. The number of aromatic nitrogens is 4. The van der Waals surface area contributed by atoms with Gasteiger partial charge in [-0.2, -0.15) is 0 Å². The lowest BCUT2D eigenvalue weighted by Gasteiger charge is -2.15. The maximum atomic E-state index is 4.29. The number of hydrogen-bond donors (Lipinski definition) is 1. The van der Waals surface area contributed by atoms with Gasteiger partial charge in [0.25, 0.3) is 0 Å². The first-order valence-electron chi connectivity index (χ1n) is 5.17. The van der Waals surface area contributed by atoms with Gasteiger partial charge >= 0.3 is 0 Å². The van der Waals surface area contributed by atoms with E-state index in [0.29, 0.717) is 0 Å². The molecular weight excluding hydrogens is 202 g/mol. The first kappa shape index (κ1) is 10.6. The van der Waals surface area contributed by atoms with E-state index in [2.05, 4.69) is 25.3 Å². The minimum Gasteiger partial charge on any atom is -0.304 e. The Kier molecular flexibility index (Phi) is 3.50. The summed E-state index contributed by atoms with van der Waals surface area (Å²) >= 11 is 0. The van der Waals surface area contributed by atoms with Gasteiger partial charge in [-0.25, -0.2) is 9.97 Å². The molecule has 5 nitrogen and oxygen atoms in total. The minimum atomic E-state index is -0.0262. The number of nitrogens with one attached hydrogen (secondary N) is 1. The molecule has 0 spiro atoms. The van der Waals surface area contributed by atoms with Gasteiger partial charge in [-0.1, -0.05) is 6.92 Å². The molecule has 82 valence electrons. The summed E-state index contributed by atoms with van der Waals surface area (Å²) in [7, 11) is 0. The lowest BCUT2D eigenvalue weighted by atomic mass is 10.1. The zero-order valence-corrected chi connectivity index (χ0v) is 9.04. The molecular formula is C11H13N5. The molecule has 16 heavy (non-hydrogen) atoms. The van der Waals surface area contributed by atoms with Crippen molar-refractivity contribution in [2.45, 2.75) is 13.0 Å². The van der Waals surface area contributed by atoms with Crippen LogP contribution in [-0.4, -0.2) is 26.5 Å². The van der Waals surface area contributed by atoms with E-state index in [1.807, 2.05) is 13.0 Å². The van der Waals surface area contributed by atoms with E-state index in [-0.39, 0.29) is 6.04 Å². The molecule has 0 saturated heterocycles. The zero-order chi connectivity index (χ0) is 11.2. The van der Waals surface area contributed by atoms with Crippen LogP contribution in [0.3, 0.4) is 0 Å². The van der Waals surface area contributed by atoms with E-state index in [1.165, 1.54) is 6.33 Å². The van der Waals surface area contributed by atoms with Crippen molar-refractivity contribution >= 4 is 0 Å². The first-order chi connectivity index (χ1) is 7.92. The van der Waals surface area contributed by atoms with Crippen LogP contribution < -0.4 is 5.32 Å². The van der Waals surface area contributed by atoms with Gasteiger partial charge in [0.15, 0.2) is 0 Å². The molecule has 1 unspecified atom stereocenters. The molecule has 0 aromatic carbocycles. The van der Waals surface area contributed by atoms with E-state index >= 15 is 0 Å². The highest BCUT2D eigenvalue weighted by molar-refractivity contribution is 5.18. The first-order valence-corrected chi connectivity index (χ1v) is 5.17. The van der Waals surface area contributed by atoms with Crippen molar-refractivity contribution < 1.29 is 0 Å².